The van der Waals surface area contributed by atoms with Crippen molar-refractivity contribution in [3.8, 4) is 22.4 Å². The van der Waals surface area contributed by atoms with E-state index in [0.717, 1.165) is 22.6 Å². The number of aromatic amines is 1. The average Bonchev–Trinajstić information content (AvgIpc) is 3.22. The zero-order chi connectivity index (χ0) is 20.2. The Kier molecular flexibility index (Phi) is 5.26. The average molecular weight is 403 g/mol. The molecule has 4 aromatic rings. The number of aryl methyl sites for hydroxylation is 1. The molecule has 2 N–H and O–H groups in total. The normalized spacial score (nSPS) is 10.7. The molecule has 0 saturated heterocycles. The Morgan fingerprint density at radius 1 is 1.00 bits per heavy atom. The number of rotatable bonds is 5. The molecule has 0 aliphatic rings. The molecular formula is C21H17N5O2S. The third kappa shape index (κ3) is 3.83. The van der Waals surface area contributed by atoms with Crippen molar-refractivity contribution in [3.05, 3.63) is 81.6 Å². The standard InChI is InChI=1S/C21H17N5O2S/c1-2-15-23-26-21(29-15)22-19(27)17-16(13-9-5-3-6-10-13)18(24-25-20(17)28)14-11-7-4-8-12-14/h3-12H,2H2,1H3,(H,25,28)(H,22,26,27). The minimum atomic E-state index is -0.568. The third-order valence-corrected chi connectivity index (χ3v) is 5.29. The Morgan fingerprint density at radius 3 is 2.28 bits per heavy atom. The summed E-state index contributed by atoms with van der Waals surface area (Å²) in [5.74, 6) is -0.552. The van der Waals surface area contributed by atoms with Crippen LogP contribution in [0, 0.1) is 0 Å². The van der Waals surface area contributed by atoms with Crippen molar-refractivity contribution in [2.45, 2.75) is 13.3 Å². The molecule has 2 heterocycles. The van der Waals surface area contributed by atoms with E-state index in [4.69, 9.17) is 0 Å². The van der Waals surface area contributed by atoms with Gasteiger partial charge in [-0.2, -0.15) is 5.10 Å². The second kappa shape index (κ2) is 8.15. The van der Waals surface area contributed by atoms with Gasteiger partial charge in [0.15, 0.2) is 0 Å². The Bertz CT molecular complexity index is 1200. The molecule has 2 aromatic carbocycles. The van der Waals surface area contributed by atoms with E-state index in [2.05, 4.69) is 25.7 Å². The van der Waals surface area contributed by atoms with E-state index in [0.29, 0.717) is 16.4 Å². The van der Waals surface area contributed by atoms with Gasteiger partial charge in [-0.05, 0) is 12.0 Å². The smallest absolute Gasteiger partial charge is 0.277 e. The molecule has 4 rings (SSSR count). The first-order valence-corrected chi connectivity index (χ1v) is 9.86. The van der Waals surface area contributed by atoms with Crippen molar-refractivity contribution in [3.63, 3.8) is 0 Å². The van der Waals surface area contributed by atoms with Crippen molar-refractivity contribution in [2.24, 2.45) is 0 Å². The highest BCUT2D eigenvalue weighted by molar-refractivity contribution is 7.15. The summed E-state index contributed by atoms with van der Waals surface area (Å²) in [4.78, 5) is 25.8. The molecule has 144 valence electrons. The lowest BCUT2D eigenvalue weighted by Gasteiger charge is -2.13. The summed E-state index contributed by atoms with van der Waals surface area (Å²) in [6.07, 6.45) is 0.719. The van der Waals surface area contributed by atoms with Crippen LogP contribution in [0.2, 0.25) is 0 Å². The minimum absolute atomic E-state index is 0.0155. The van der Waals surface area contributed by atoms with Gasteiger partial charge in [0.2, 0.25) is 5.13 Å². The number of carbonyl (C=O) groups is 1. The van der Waals surface area contributed by atoms with Crippen molar-refractivity contribution < 1.29 is 4.79 Å². The Labute approximate surface area is 170 Å². The zero-order valence-corrected chi connectivity index (χ0v) is 16.4. The molecule has 0 bridgehead atoms. The van der Waals surface area contributed by atoms with Gasteiger partial charge in [0.25, 0.3) is 11.5 Å². The highest BCUT2D eigenvalue weighted by atomic mass is 32.1. The van der Waals surface area contributed by atoms with Crippen LogP contribution < -0.4 is 10.9 Å². The molecule has 0 aliphatic carbocycles. The van der Waals surface area contributed by atoms with Crippen LogP contribution >= 0.6 is 11.3 Å². The van der Waals surface area contributed by atoms with Crippen molar-refractivity contribution in [1.82, 2.24) is 20.4 Å². The van der Waals surface area contributed by atoms with E-state index < -0.39 is 11.5 Å². The number of anilines is 1. The van der Waals surface area contributed by atoms with Crippen LogP contribution in [0.15, 0.2) is 65.5 Å². The molecule has 1 amide bonds. The quantitative estimate of drug-likeness (QED) is 0.528. The number of hydrogen-bond acceptors (Lipinski definition) is 6. The SMILES string of the molecule is CCc1nnc(NC(=O)c2c(-c3ccccc3)c(-c3ccccc3)n[nH]c2=O)s1. The molecule has 0 aliphatic heterocycles. The Balaban J connectivity index is 1.88. The number of hydrogen-bond donors (Lipinski definition) is 2. The van der Waals surface area contributed by atoms with Crippen LogP contribution in [0.5, 0.6) is 0 Å². The second-order valence-corrected chi connectivity index (χ2v) is 7.25. The maximum Gasteiger partial charge on any atom is 0.277 e. The zero-order valence-electron chi connectivity index (χ0n) is 15.5. The topological polar surface area (TPSA) is 101 Å². The Hall–Kier alpha value is -3.65. The lowest BCUT2D eigenvalue weighted by atomic mass is 9.95. The van der Waals surface area contributed by atoms with E-state index in [9.17, 15) is 9.59 Å². The van der Waals surface area contributed by atoms with Crippen LogP contribution in [0.3, 0.4) is 0 Å². The van der Waals surface area contributed by atoms with Gasteiger partial charge in [0.05, 0.1) is 5.69 Å². The van der Waals surface area contributed by atoms with Crippen molar-refractivity contribution in [2.75, 3.05) is 5.32 Å². The van der Waals surface area contributed by atoms with Gasteiger partial charge in [-0.15, -0.1) is 10.2 Å². The molecule has 7 nitrogen and oxygen atoms in total. The first-order valence-electron chi connectivity index (χ1n) is 9.04. The lowest BCUT2D eigenvalue weighted by molar-refractivity contribution is 0.102. The molecule has 29 heavy (non-hydrogen) atoms. The number of nitrogens with zero attached hydrogens (tertiary/aromatic N) is 3. The summed E-state index contributed by atoms with van der Waals surface area (Å²) in [5.41, 5.74) is 1.92. The molecule has 2 aromatic heterocycles. The van der Waals surface area contributed by atoms with Gasteiger partial charge in [0.1, 0.15) is 10.6 Å². The van der Waals surface area contributed by atoms with Crippen LogP contribution in [0.1, 0.15) is 22.3 Å². The molecule has 0 spiro atoms. The van der Waals surface area contributed by atoms with Gasteiger partial charge < -0.3 is 0 Å². The maximum atomic E-state index is 13.1. The summed E-state index contributed by atoms with van der Waals surface area (Å²) in [7, 11) is 0. The van der Waals surface area contributed by atoms with Crippen LogP contribution in [0.4, 0.5) is 5.13 Å². The summed E-state index contributed by atoms with van der Waals surface area (Å²) < 4.78 is 0. The number of benzene rings is 2. The molecule has 8 heteroatoms. The van der Waals surface area contributed by atoms with E-state index in [1.807, 2.05) is 67.6 Å². The predicted molar refractivity (Wildman–Crippen MR) is 113 cm³/mol. The Morgan fingerprint density at radius 2 is 1.66 bits per heavy atom. The van der Waals surface area contributed by atoms with Gasteiger partial charge >= 0.3 is 0 Å². The number of aromatic nitrogens is 4. The first-order chi connectivity index (χ1) is 14.2. The summed E-state index contributed by atoms with van der Waals surface area (Å²) >= 11 is 1.28. The molecular weight excluding hydrogens is 386 g/mol. The molecule has 0 radical (unpaired) electrons. The monoisotopic (exact) mass is 403 g/mol. The fourth-order valence-electron chi connectivity index (χ4n) is 2.96. The van der Waals surface area contributed by atoms with Crippen molar-refractivity contribution in [1.29, 1.82) is 0 Å². The molecule has 0 fully saturated rings. The van der Waals surface area contributed by atoms with E-state index >= 15 is 0 Å². The van der Waals surface area contributed by atoms with E-state index in [-0.39, 0.29) is 5.56 Å². The largest absolute Gasteiger partial charge is 0.296 e. The van der Waals surface area contributed by atoms with E-state index in [1.54, 1.807) is 0 Å². The van der Waals surface area contributed by atoms with Crippen LogP contribution in [-0.4, -0.2) is 26.3 Å². The number of carbonyl (C=O) groups excluding carboxylic acids is 1. The summed E-state index contributed by atoms with van der Waals surface area (Å²) in [6, 6.07) is 18.7. The third-order valence-electron chi connectivity index (χ3n) is 4.31. The fourth-order valence-corrected chi connectivity index (χ4v) is 3.64. The molecule has 0 unspecified atom stereocenters. The van der Waals surface area contributed by atoms with Crippen LogP contribution in [-0.2, 0) is 6.42 Å². The van der Waals surface area contributed by atoms with Gasteiger partial charge in [0, 0.05) is 11.1 Å². The van der Waals surface area contributed by atoms with E-state index in [1.165, 1.54) is 11.3 Å². The van der Waals surface area contributed by atoms with Crippen LogP contribution in [0.25, 0.3) is 22.4 Å². The number of nitrogens with one attached hydrogen (secondary N) is 2. The first kappa shape index (κ1) is 18.7. The molecule has 0 saturated carbocycles. The summed E-state index contributed by atoms with van der Waals surface area (Å²) in [6.45, 7) is 1.96. The number of H-pyrrole nitrogens is 1. The highest BCUT2D eigenvalue weighted by Crippen LogP contribution is 2.32. The molecule has 0 atom stereocenters. The van der Waals surface area contributed by atoms with Gasteiger partial charge in [-0.1, -0.05) is 78.9 Å². The maximum absolute atomic E-state index is 13.1. The second-order valence-electron chi connectivity index (χ2n) is 6.19. The number of amides is 1. The lowest BCUT2D eigenvalue weighted by Crippen LogP contribution is -2.26. The van der Waals surface area contributed by atoms with Gasteiger partial charge in [-0.3, -0.25) is 14.9 Å². The predicted octanol–water partition coefficient (Wildman–Crippen LogP) is 3.77. The van der Waals surface area contributed by atoms with Gasteiger partial charge in [-0.25, -0.2) is 5.10 Å². The minimum Gasteiger partial charge on any atom is -0.296 e. The highest BCUT2D eigenvalue weighted by Gasteiger charge is 2.23. The summed E-state index contributed by atoms with van der Waals surface area (Å²) in [5, 5.41) is 18.5. The van der Waals surface area contributed by atoms with Crippen molar-refractivity contribution >= 4 is 22.4 Å². The fraction of sp³-hybridized carbons (Fsp3) is 0.0952.